The molecular weight excluding hydrogens is 657 g/mol. The van der Waals surface area contributed by atoms with E-state index in [1.165, 1.54) is 36.5 Å². The van der Waals surface area contributed by atoms with Gasteiger partial charge in [-0.1, -0.05) is 48.5 Å². The molecule has 0 saturated heterocycles. The number of nitrogens with one attached hydrogen (secondary N) is 3. The number of nitrogens with zero attached hydrogens (tertiary/aromatic N) is 2. The molecule has 5 N–H and O–H groups in total. The van der Waals surface area contributed by atoms with Gasteiger partial charge in [-0.15, -0.1) is 11.3 Å². The van der Waals surface area contributed by atoms with Crippen LogP contribution >= 0.6 is 11.3 Å². The fourth-order valence-electron chi connectivity index (χ4n) is 4.38. The standard InChI is InChI=1S/C33H38N6O7S2/c1-20(19-35-32(42)45-33(3,4)5)30(41)36-24-12-9-13-25(18-24)48(43,44)39-27(31-37-26-14-6-7-15-28(26)47-31)17-22-10-8-11-23(16-22)29(34)38-46-21(2)40/h6-16,18,20,27,39H,17,19H2,1-5H3,(H2,34,38)(H,35,42)(H,36,41)/t20-,27?/m1/s1. The van der Waals surface area contributed by atoms with E-state index in [1.807, 2.05) is 30.3 Å². The summed E-state index contributed by atoms with van der Waals surface area (Å²) in [5, 5.41) is 9.46. The topological polar surface area (TPSA) is 191 Å². The molecule has 48 heavy (non-hydrogen) atoms. The van der Waals surface area contributed by atoms with Crippen LogP contribution in [0, 0.1) is 5.92 Å². The number of nitrogens with two attached hydrogens (primary N) is 1. The van der Waals surface area contributed by atoms with Crippen LogP contribution in [-0.2, 0) is 35.6 Å². The van der Waals surface area contributed by atoms with Gasteiger partial charge in [-0.25, -0.2) is 27.7 Å². The first-order valence-electron chi connectivity index (χ1n) is 15.0. The summed E-state index contributed by atoms with van der Waals surface area (Å²) in [5.74, 6) is -1.69. The second kappa shape index (κ2) is 15.4. The van der Waals surface area contributed by atoms with Crippen LogP contribution in [0.2, 0.25) is 0 Å². The molecular formula is C33H38N6O7S2. The molecule has 4 rings (SSSR count). The normalized spacial score (nSPS) is 13.4. The highest BCUT2D eigenvalue weighted by molar-refractivity contribution is 7.89. The third-order valence-electron chi connectivity index (χ3n) is 6.65. The molecule has 3 aromatic carbocycles. The lowest BCUT2D eigenvalue weighted by atomic mass is 10.0. The summed E-state index contributed by atoms with van der Waals surface area (Å²) in [4.78, 5) is 45.3. The van der Waals surface area contributed by atoms with Gasteiger partial charge in [-0.3, -0.25) is 4.79 Å². The summed E-state index contributed by atoms with van der Waals surface area (Å²) in [6.45, 7) is 8.06. The molecule has 0 aliphatic heterocycles. The first-order chi connectivity index (χ1) is 22.6. The van der Waals surface area contributed by atoms with Gasteiger partial charge >= 0.3 is 12.1 Å². The highest BCUT2D eigenvalue weighted by Crippen LogP contribution is 2.30. The summed E-state index contributed by atoms with van der Waals surface area (Å²) in [7, 11) is -4.14. The van der Waals surface area contributed by atoms with Crippen molar-refractivity contribution in [2.24, 2.45) is 16.8 Å². The van der Waals surface area contributed by atoms with Gasteiger partial charge in [-0.2, -0.15) is 0 Å². The number of ether oxygens (including phenoxy) is 1. The van der Waals surface area contributed by atoms with Gasteiger partial charge in [-0.05, 0) is 69.2 Å². The number of rotatable bonds is 12. The molecule has 0 radical (unpaired) electrons. The Morgan fingerprint density at radius 3 is 2.46 bits per heavy atom. The highest BCUT2D eigenvalue weighted by atomic mass is 32.2. The third-order valence-corrected chi connectivity index (χ3v) is 9.27. The van der Waals surface area contributed by atoms with Gasteiger partial charge in [0.05, 0.1) is 27.1 Å². The summed E-state index contributed by atoms with van der Waals surface area (Å²) < 4.78 is 36.5. The van der Waals surface area contributed by atoms with Crippen molar-refractivity contribution in [1.29, 1.82) is 0 Å². The molecule has 2 atom stereocenters. The van der Waals surface area contributed by atoms with Crippen LogP contribution in [0.1, 0.15) is 56.8 Å². The molecule has 15 heteroatoms. The van der Waals surface area contributed by atoms with Crippen LogP contribution in [0.4, 0.5) is 10.5 Å². The van der Waals surface area contributed by atoms with Gasteiger partial charge in [0.2, 0.25) is 15.9 Å². The van der Waals surface area contributed by atoms with E-state index >= 15 is 0 Å². The van der Waals surface area contributed by atoms with E-state index in [2.05, 4.69) is 25.3 Å². The van der Waals surface area contributed by atoms with E-state index in [4.69, 9.17) is 15.5 Å². The number of sulfonamides is 1. The summed E-state index contributed by atoms with van der Waals surface area (Å²) in [6, 6.07) is 19.6. The van der Waals surface area contributed by atoms with Crippen molar-refractivity contribution in [1.82, 2.24) is 15.0 Å². The van der Waals surface area contributed by atoms with Gasteiger partial charge in [0.15, 0.2) is 5.84 Å². The van der Waals surface area contributed by atoms with Crippen molar-refractivity contribution in [2.75, 3.05) is 11.9 Å². The zero-order valence-corrected chi connectivity index (χ0v) is 28.8. The number of amidine groups is 1. The van der Waals surface area contributed by atoms with Crippen LogP contribution in [0.3, 0.4) is 0 Å². The number of benzene rings is 3. The van der Waals surface area contributed by atoms with E-state index in [0.29, 0.717) is 10.6 Å². The summed E-state index contributed by atoms with van der Waals surface area (Å²) in [5.41, 5.74) is 7.51. The lowest BCUT2D eigenvalue weighted by Crippen LogP contribution is -2.37. The Bertz CT molecular complexity index is 1900. The van der Waals surface area contributed by atoms with Crippen LogP contribution in [-0.4, -0.2) is 49.4 Å². The van der Waals surface area contributed by atoms with Gasteiger partial charge < -0.3 is 25.9 Å². The number of carbonyl (C=O) groups excluding carboxylic acids is 3. The molecule has 4 aromatic rings. The minimum Gasteiger partial charge on any atom is -0.444 e. The number of alkyl carbamates (subject to hydrolysis) is 1. The Balaban J connectivity index is 1.55. The number of fused-ring (bicyclic) bond motifs is 1. The summed E-state index contributed by atoms with van der Waals surface area (Å²) >= 11 is 1.37. The number of amides is 2. The number of hydrogen-bond donors (Lipinski definition) is 4. The van der Waals surface area contributed by atoms with Crippen molar-refractivity contribution in [3.8, 4) is 0 Å². The zero-order valence-electron chi connectivity index (χ0n) is 27.1. The Kier molecular flexibility index (Phi) is 11.5. The Labute approximate surface area is 283 Å². The monoisotopic (exact) mass is 694 g/mol. The molecule has 2 amide bonds. The Hall–Kier alpha value is -4.86. The highest BCUT2D eigenvalue weighted by Gasteiger charge is 2.26. The Morgan fingerprint density at radius 1 is 1.02 bits per heavy atom. The maximum atomic E-state index is 13.8. The van der Waals surface area contributed by atoms with Crippen molar-refractivity contribution < 1.29 is 32.4 Å². The van der Waals surface area contributed by atoms with Gasteiger partial charge in [0.25, 0.3) is 0 Å². The molecule has 0 aliphatic rings. The number of anilines is 1. The van der Waals surface area contributed by atoms with E-state index in [-0.39, 0.29) is 29.4 Å². The van der Waals surface area contributed by atoms with Crippen molar-refractivity contribution in [3.63, 3.8) is 0 Å². The van der Waals surface area contributed by atoms with E-state index in [1.54, 1.807) is 52.0 Å². The van der Waals surface area contributed by atoms with Crippen LogP contribution in [0.25, 0.3) is 10.2 Å². The van der Waals surface area contributed by atoms with Crippen LogP contribution in [0.5, 0.6) is 0 Å². The quantitative estimate of drug-likeness (QED) is 0.0695. The average Bonchev–Trinajstić information content (AvgIpc) is 3.46. The predicted molar refractivity (Wildman–Crippen MR) is 184 cm³/mol. The molecule has 1 unspecified atom stereocenters. The molecule has 254 valence electrons. The second-order valence-electron chi connectivity index (χ2n) is 12.0. The average molecular weight is 695 g/mol. The number of hydrogen-bond acceptors (Lipinski definition) is 10. The minimum absolute atomic E-state index is 0.0158. The predicted octanol–water partition coefficient (Wildman–Crippen LogP) is 4.84. The van der Waals surface area contributed by atoms with Crippen LogP contribution in [0.15, 0.2) is 82.8 Å². The minimum atomic E-state index is -4.14. The number of oxime groups is 1. The van der Waals surface area contributed by atoms with Gasteiger partial charge in [0, 0.05) is 24.7 Å². The molecule has 0 bridgehead atoms. The molecule has 1 heterocycles. The Morgan fingerprint density at radius 2 is 1.75 bits per heavy atom. The molecule has 0 aliphatic carbocycles. The first kappa shape index (κ1) is 36.0. The van der Waals surface area contributed by atoms with E-state index in [0.717, 1.165) is 15.8 Å². The van der Waals surface area contributed by atoms with E-state index < -0.39 is 45.6 Å². The second-order valence-corrected chi connectivity index (χ2v) is 14.7. The third kappa shape index (κ3) is 10.3. The SMILES string of the molecule is CC(=O)ON=C(N)c1cccc(CC(NS(=O)(=O)c2cccc(NC(=O)[C@H](C)CNC(=O)OC(C)(C)C)c2)c2nc3ccccc3s2)c1. The maximum absolute atomic E-state index is 13.8. The fraction of sp³-hybridized carbons (Fsp3) is 0.303. The molecule has 1 aromatic heterocycles. The molecule has 0 saturated carbocycles. The lowest BCUT2D eigenvalue weighted by molar-refractivity contribution is -0.141. The van der Waals surface area contributed by atoms with Crippen LogP contribution < -0.4 is 21.1 Å². The van der Waals surface area contributed by atoms with Gasteiger partial charge in [0.1, 0.15) is 10.6 Å². The molecule has 0 fully saturated rings. The smallest absolute Gasteiger partial charge is 0.407 e. The number of thiazole rings is 1. The number of para-hydroxylation sites is 1. The fourth-order valence-corrected chi connectivity index (χ4v) is 6.72. The maximum Gasteiger partial charge on any atom is 0.407 e. The van der Waals surface area contributed by atoms with Crippen molar-refractivity contribution in [3.05, 3.63) is 88.9 Å². The van der Waals surface area contributed by atoms with Crippen molar-refractivity contribution >= 4 is 61.1 Å². The van der Waals surface area contributed by atoms with Crippen molar-refractivity contribution in [2.45, 2.75) is 57.6 Å². The number of aromatic nitrogens is 1. The molecule has 0 spiro atoms. The molecule has 13 nitrogen and oxygen atoms in total. The first-order valence-corrected chi connectivity index (χ1v) is 17.3. The number of carbonyl (C=O) groups is 3. The summed E-state index contributed by atoms with van der Waals surface area (Å²) in [6.07, 6.45) is -0.443. The zero-order chi connectivity index (χ0) is 35.1. The largest absolute Gasteiger partial charge is 0.444 e. The van der Waals surface area contributed by atoms with E-state index in [9.17, 15) is 22.8 Å². The lowest BCUT2D eigenvalue weighted by Gasteiger charge is -2.20.